The summed E-state index contributed by atoms with van der Waals surface area (Å²) >= 11 is 1.49. The molecule has 0 bridgehead atoms. The lowest BCUT2D eigenvalue weighted by Gasteiger charge is -2.25. The minimum atomic E-state index is -0.0289. The number of phenolic OH excluding ortho intramolecular Hbond substituents is 1. The second kappa shape index (κ2) is 8.85. The molecule has 2 aromatic rings. The molecule has 27 heavy (non-hydrogen) atoms. The molecule has 1 unspecified atom stereocenters. The van der Waals surface area contributed by atoms with Crippen LogP contribution in [0.25, 0.3) is 0 Å². The second-order valence-corrected chi connectivity index (χ2v) is 8.65. The zero-order valence-corrected chi connectivity index (χ0v) is 17.1. The Labute approximate surface area is 165 Å². The van der Waals surface area contributed by atoms with Gasteiger partial charge in [-0.1, -0.05) is 32.0 Å². The Morgan fingerprint density at radius 1 is 1.41 bits per heavy atom. The average molecular weight is 389 g/mol. The van der Waals surface area contributed by atoms with Crippen LogP contribution in [0.3, 0.4) is 0 Å². The number of nitrogens with zero attached hydrogens (tertiary/aromatic N) is 2. The van der Waals surface area contributed by atoms with Gasteiger partial charge in [0.1, 0.15) is 10.6 Å². The highest BCUT2D eigenvalue weighted by Crippen LogP contribution is 2.26. The number of hydrogen-bond acceptors (Lipinski definition) is 5. The fourth-order valence-electron chi connectivity index (χ4n) is 3.33. The number of phenols is 1. The molecule has 1 aromatic carbocycles. The van der Waals surface area contributed by atoms with Crippen LogP contribution in [0, 0.1) is 12.8 Å². The Balaban J connectivity index is 1.83. The molecule has 1 aromatic heterocycles. The van der Waals surface area contributed by atoms with Crippen LogP contribution in [-0.2, 0) is 17.7 Å². The molecule has 3 rings (SSSR count). The van der Waals surface area contributed by atoms with Crippen molar-refractivity contribution in [3.05, 3.63) is 45.4 Å². The summed E-state index contributed by atoms with van der Waals surface area (Å²) < 4.78 is 5.76. The highest BCUT2D eigenvalue weighted by Gasteiger charge is 2.27. The van der Waals surface area contributed by atoms with Crippen molar-refractivity contribution in [3.8, 4) is 5.75 Å². The van der Waals surface area contributed by atoms with E-state index < -0.39 is 0 Å². The van der Waals surface area contributed by atoms with Gasteiger partial charge in [-0.3, -0.25) is 4.79 Å². The number of hydrogen-bond donors (Lipinski definition) is 1. The van der Waals surface area contributed by atoms with E-state index in [1.165, 1.54) is 11.3 Å². The molecule has 1 aliphatic rings. The molecule has 5 nitrogen and oxygen atoms in total. The van der Waals surface area contributed by atoms with Crippen molar-refractivity contribution >= 4 is 17.2 Å². The number of para-hydroxylation sites is 1. The number of benzene rings is 1. The van der Waals surface area contributed by atoms with Gasteiger partial charge in [0.15, 0.2) is 0 Å². The minimum absolute atomic E-state index is 0.0289. The summed E-state index contributed by atoms with van der Waals surface area (Å²) in [5.41, 5.74) is 1.53. The SMILES string of the molecule is Cc1nc(CC(C)C)sc1C(=O)N(Cc1ccccc1O)CC1CCCO1. The standard InChI is InChI=1S/C21H28N2O3S/c1-14(2)11-19-22-15(3)20(27-19)21(25)23(13-17-8-6-10-26-17)12-16-7-4-5-9-18(16)24/h4-5,7,9,14,17,24H,6,8,10-13H2,1-3H3. The van der Waals surface area contributed by atoms with Gasteiger partial charge in [0.05, 0.1) is 16.8 Å². The Kier molecular flexibility index (Phi) is 6.50. The van der Waals surface area contributed by atoms with Crippen molar-refractivity contribution in [2.24, 2.45) is 5.92 Å². The highest BCUT2D eigenvalue weighted by atomic mass is 32.1. The van der Waals surface area contributed by atoms with Gasteiger partial charge >= 0.3 is 0 Å². The summed E-state index contributed by atoms with van der Waals surface area (Å²) in [7, 11) is 0. The molecule has 1 saturated heterocycles. The summed E-state index contributed by atoms with van der Waals surface area (Å²) in [6.07, 6.45) is 2.93. The summed E-state index contributed by atoms with van der Waals surface area (Å²) in [4.78, 5) is 20.4. The van der Waals surface area contributed by atoms with Crippen molar-refractivity contribution in [3.63, 3.8) is 0 Å². The zero-order chi connectivity index (χ0) is 19.4. The number of carbonyl (C=O) groups excluding carboxylic acids is 1. The highest BCUT2D eigenvalue weighted by molar-refractivity contribution is 7.13. The van der Waals surface area contributed by atoms with E-state index >= 15 is 0 Å². The van der Waals surface area contributed by atoms with Crippen molar-refractivity contribution in [1.29, 1.82) is 0 Å². The number of rotatable bonds is 7. The summed E-state index contributed by atoms with van der Waals surface area (Å²) in [5.74, 6) is 0.686. The van der Waals surface area contributed by atoms with Gasteiger partial charge in [-0.2, -0.15) is 0 Å². The fraction of sp³-hybridized carbons (Fsp3) is 0.524. The normalized spacial score (nSPS) is 16.8. The number of amides is 1. The molecule has 0 aliphatic carbocycles. The Morgan fingerprint density at radius 2 is 2.19 bits per heavy atom. The van der Waals surface area contributed by atoms with E-state index in [0.717, 1.165) is 42.1 Å². The third-order valence-corrected chi connectivity index (χ3v) is 5.87. The van der Waals surface area contributed by atoms with E-state index in [1.807, 2.05) is 19.1 Å². The van der Waals surface area contributed by atoms with E-state index in [9.17, 15) is 9.90 Å². The predicted molar refractivity (Wildman–Crippen MR) is 107 cm³/mol. The number of aryl methyl sites for hydroxylation is 1. The Bertz CT molecular complexity index is 781. The summed E-state index contributed by atoms with van der Waals surface area (Å²) in [6.45, 7) is 7.85. The maximum atomic E-state index is 13.3. The van der Waals surface area contributed by atoms with Crippen LogP contribution >= 0.6 is 11.3 Å². The van der Waals surface area contributed by atoms with Gasteiger partial charge in [0, 0.05) is 31.7 Å². The van der Waals surface area contributed by atoms with E-state index in [0.29, 0.717) is 23.9 Å². The lowest BCUT2D eigenvalue weighted by Crippen LogP contribution is -2.36. The third kappa shape index (κ3) is 5.08. The van der Waals surface area contributed by atoms with Gasteiger partial charge in [0.25, 0.3) is 5.91 Å². The van der Waals surface area contributed by atoms with Crippen LogP contribution < -0.4 is 0 Å². The fourth-order valence-corrected chi connectivity index (χ4v) is 4.58. The molecule has 0 radical (unpaired) electrons. The predicted octanol–water partition coefficient (Wildman–Crippen LogP) is 4.18. The number of ether oxygens (including phenoxy) is 1. The number of carbonyl (C=O) groups is 1. The van der Waals surface area contributed by atoms with Crippen molar-refractivity contribution in [1.82, 2.24) is 9.88 Å². The lowest BCUT2D eigenvalue weighted by atomic mass is 10.1. The lowest BCUT2D eigenvalue weighted by molar-refractivity contribution is 0.0508. The zero-order valence-electron chi connectivity index (χ0n) is 16.3. The molecule has 1 atom stereocenters. The molecule has 1 N–H and O–H groups in total. The van der Waals surface area contributed by atoms with Gasteiger partial charge in [-0.05, 0) is 31.7 Å². The third-order valence-electron chi connectivity index (χ3n) is 4.71. The smallest absolute Gasteiger partial charge is 0.266 e. The maximum Gasteiger partial charge on any atom is 0.266 e. The van der Waals surface area contributed by atoms with Gasteiger partial charge in [-0.25, -0.2) is 4.98 Å². The first-order valence-electron chi connectivity index (χ1n) is 9.58. The van der Waals surface area contributed by atoms with Gasteiger partial charge in [0.2, 0.25) is 0 Å². The number of aromatic hydroxyl groups is 1. The molecule has 2 heterocycles. The second-order valence-electron chi connectivity index (χ2n) is 7.57. The minimum Gasteiger partial charge on any atom is -0.508 e. The molecule has 0 spiro atoms. The van der Waals surface area contributed by atoms with Crippen LogP contribution in [0.1, 0.15) is 52.6 Å². The molecular formula is C21H28N2O3S. The first-order valence-corrected chi connectivity index (χ1v) is 10.4. The summed E-state index contributed by atoms with van der Waals surface area (Å²) in [6, 6.07) is 7.18. The molecular weight excluding hydrogens is 360 g/mol. The molecule has 0 saturated carbocycles. The molecule has 6 heteroatoms. The van der Waals surface area contributed by atoms with Gasteiger partial charge in [-0.15, -0.1) is 11.3 Å². The first kappa shape index (κ1) is 19.8. The van der Waals surface area contributed by atoms with Crippen molar-refractivity contribution < 1.29 is 14.6 Å². The molecule has 1 amide bonds. The van der Waals surface area contributed by atoms with Crippen molar-refractivity contribution in [2.75, 3.05) is 13.2 Å². The van der Waals surface area contributed by atoms with Crippen LogP contribution in [0.2, 0.25) is 0 Å². The number of thiazole rings is 1. The van der Waals surface area contributed by atoms with Gasteiger partial charge < -0.3 is 14.7 Å². The Hall–Kier alpha value is -1.92. The monoisotopic (exact) mass is 388 g/mol. The topological polar surface area (TPSA) is 62.7 Å². The maximum absolute atomic E-state index is 13.3. The molecule has 1 fully saturated rings. The molecule has 146 valence electrons. The van der Waals surface area contributed by atoms with Crippen molar-refractivity contribution in [2.45, 2.75) is 52.7 Å². The van der Waals surface area contributed by atoms with E-state index in [1.54, 1.807) is 17.0 Å². The Morgan fingerprint density at radius 3 is 2.85 bits per heavy atom. The first-order chi connectivity index (χ1) is 12.9. The largest absolute Gasteiger partial charge is 0.508 e. The van der Waals surface area contributed by atoms with Crippen LogP contribution in [-0.4, -0.2) is 40.2 Å². The molecule has 1 aliphatic heterocycles. The van der Waals surface area contributed by atoms with Crippen LogP contribution in [0.5, 0.6) is 5.75 Å². The van der Waals surface area contributed by atoms with E-state index in [4.69, 9.17) is 4.74 Å². The quantitative estimate of drug-likeness (QED) is 0.773. The number of aromatic nitrogens is 1. The average Bonchev–Trinajstić information content (AvgIpc) is 3.24. The summed E-state index contributed by atoms with van der Waals surface area (Å²) in [5, 5.41) is 11.2. The van der Waals surface area contributed by atoms with Crippen LogP contribution in [0.4, 0.5) is 0 Å². The van der Waals surface area contributed by atoms with E-state index in [2.05, 4.69) is 18.8 Å². The van der Waals surface area contributed by atoms with Crippen LogP contribution in [0.15, 0.2) is 24.3 Å². The van der Waals surface area contributed by atoms with E-state index in [-0.39, 0.29) is 17.8 Å².